The standard InChI is InChI=1S/C21H16N2O2/c1-14-22-13-20(25-14)18-11-12-19(17-10-6-5-9-16(17)18)21(24)23-15-7-3-2-4-8-15/h2-13H,1H3,(H,23,24). The molecule has 0 radical (unpaired) electrons. The van der Waals surface area contributed by atoms with Crippen LogP contribution in [0.1, 0.15) is 16.2 Å². The first-order valence-electron chi connectivity index (χ1n) is 8.03. The molecule has 0 aliphatic carbocycles. The Balaban J connectivity index is 1.80. The van der Waals surface area contributed by atoms with Crippen molar-refractivity contribution in [3.8, 4) is 11.3 Å². The molecule has 4 nitrogen and oxygen atoms in total. The number of fused-ring (bicyclic) bond motifs is 1. The number of hydrogen-bond donors (Lipinski definition) is 1. The molecule has 4 rings (SSSR count). The normalized spacial score (nSPS) is 10.8. The van der Waals surface area contributed by atoms with Crippen molar-refractivity contribution in [2.75, 3.05) is 5.32 Å². The molecule has 4 heteroatoms. The number of amides is 1. The van der Waals surface area contributed by atoms with Crippen LogP contribution in [-0.2, 0) is 0 Å². The lowest BCUT2D eigenvalue weighted by atomic mass is 9.98. The highest BCUT2D eigenvalue weighted by molar-refractivity contribution is 6.15. The van der Waals surface area contributed by atoms with E-state index in [0.717, 1.165) is 22.0 Å². The largest absolute Gasteiger partial charge is 0.441 e. The molecule has 0 bridgehead atoms. The Kier molecular flexibility index (Phi) is 3.78. The number of carbonyl (C=O) groups excluding carboxylic acids is 1. The lowest BCUT2D eigenvalue weighted by Crippen LogP contribution is -2.12. The summed E-state index contributed by atoms with van der Waals surface area (Å²) in [6.45, 7) is 1.81. The molecule has 122 valence electrons. The maximum absolute atomic E-state index is 12.7. The van der Waals surface area contributed by atoms with E-state index in [0.29, 0.717) is 17.2 Å². The molecule has 3 aromatic carbocycles. The van der Waals surface area contributed by atoms with Crippen molar-refractivity contribution < 1.29 is 9.21 Å². The van der Waals surface area contributed by atoms with Crippen LogP contribution in [0.4, 0.5) is 5.69 Å². The van der Waals surface area contributed by atoms with Gasteiger partial charge in [-0.05, 0) is 35.0 Å². The fourth-order valence-electron chi connectivity index (χ4n) is 2.92. The van der Waals surface area contributed by atoms with Crippen LogP contribution in [0.25, 0.3) is 22.1 Å². The first kappa shape index (κ1) is 15.1. The van der Waals surface area contributed by atoms with Gasteiger partial charge >= 0.3 is 0 Å². The Hall–Kier alpha value is -3.40. The van der Waals surface area contributed by atoms with Gasteiger partial charge in [-0.15, -0.1) is 0 Å². The van der Waals surface area contributed by atoms with Crippen LogP contribution >= 0.6 is 0 Å². The molecule has 1 heterocycles. The summed E-state index contributed by atoms with van der Waals surface area (Å²) in [5.41, 5.74) is 2.32. The minimum atomic E-state index is -0.136. The Morgan fingerprint density at radius 1 is 0.920 bits per heavy atom. The Labute approximate surface area is 145 Å². The van der Waals surface area contributed by atoms with Crippen molar-refractivity contribution in [2.45, 2.75) is 6.92 Å². The second kappa shape index (κ2) is 6.24. The minimum absolute atomic E-state index is 0.136. The third-order valence-corrected chi connectivity index (χ3v) is 4.09. The molecule has 25 heavy (non-hydrogen) atoms. The van der Waals surface area contributed by atoms with E-state index in [-0.39, 0.29) is 5.91 Å². The van der Waals surface area contributed by atoms with Crippen LogP contribution in [0.5, 0.6) is 0 Å². The fraction of sp³-hybridized carbons (Fsp3) is 0.0476. The van der Waals surface area contributed by atoms with Gasteiger partial charge in [-0.25, -0.2) is 4.98 Å². The van der Waals surface area contributed by atoms with E-state index in [1.807, 2.05) is 73.7 Å². The Morgan fingerprint density at radius 3 is 2.36 bits per heavy atom. The van der Waals surface area contributed by atoms with Crippen LogP contribution in [-0.4, -0.2) is 10.9 Å². The topological polar surface area (TPSA) is 55.1 Å². The van der Waals surface area contributed by atoms with Gasteiger partial charge in [0.1, 0.15) is 0 Å². The summed E-state index contributed by atoms with van der Waals surface area (Å²) in [6.07, 6.45) is 1.71. The molecule has 0 spiro atoms. The number of rotatable bonds is 3. The van der Waals surface area contributed by atoms with E-state index < -0.39 is 0 Å². The van der Waals surface area contributed by atoms with Crippen molar-refractivity contribution in [1.29, 1.82) is 0 Å². The molecule has 0 atom stereocenters. The monoisotopic (exact) mass is 328 g/mol. The van der Waals surface area contributed by atoms with Gasteiger partial charge in [-0.3, -0.25) is 4.79 Å². The molecule has 0 unspecified atom stereocenters. The first-order chi connectivity index (χ1) is 12.2. The lowest BCUT2D eigenvalue weighted by Gasteiger charge is -2.10. The van der Waals surface area contributed by atoms with Crippen LogP contribution in [0.2, 0.25) is 0 Å². The highest BCUT2D eigenvalue weighted by Crippen LogP contribution is 2.31. The average molecular weight is 328 g/mol. The zero-order chi connectivity index (χ0) is 17.2. The van der Waals surface area contributed by atoms with Crippen molar-refractivity contribution in [3.05, 3.63) is 84.4 Å². The maximum atomic E-state index is 12.7. The van der Waals surface area contributed by atoms with E-state index >= 15 is 0 Å². The third kappa shape index (κ3) is 2.90. The van der Waals surface area contributed by atoms with Crippen LogP contribution < -0.4 is 5.32 Å². The number of nitrogens with one attached hydrogen (secondary N) is 1. The van der Waals surface area contributed by atoms with Gasteiger partial charge in [0.25, 0.3) is 5.91 Å². The van der Waals surface area contributed by atoms with Crippen LogP contribution in [0, 0.1) is 6.92 Å². The summed E-state index contributed by atoms with van der Waals surface area (Å²) in [5, 5.41) is 4.77. The second-order valence-electron chi connectivity index (χ2n) is 5.77. The molecule has 0 saturated heterocycles. The van der Waals surface area contributed by atoms with Crippen molar-refractivity contribution in [1.82, 2.24) is 4.98 Å². The highest BCUT2D eigenvalue weighted by Gasteiger charge is 2.15. The number of oxazole rings is 1. The van der Waals surface area contributed by atoms with Crippen molar-refractivity contribution in [2.24, 2.45) is 0 Å². The number of benzene rings is 3. The van der Waals surface area contributed by atoms with Gasteiger partial charge in [-0.1, -0.05) is 42.5 Å². The molecule has 0 fully saturated rings. The molecule has 1 aromatic heterocycles. The van der Waals surface area contributed by atoms with Crippen molar-refractivity contribution in [3.63, 3.8) is 0 Å². The van der Waals surface area contributed by atoms with Gasteiger partial charge in [-0.2, -0.15) is 0 Å². The Morgan fingerprint density at radius 2 is 1.64 bits per heavy atom. The predicted octanol–water partition coefficient (Wildman–Crippen LogP) is 5.06. The summed E-state index contributed by atoms with van der Waals surface area (Å²) < 4.78 is 5.66. The van der Waals surface area contributed by atoms with Crippen molar-refractivity contribution >= 4 is 22.4 Å². The summed E-state index contributed by atoms with van der Waals surface area (Å²) in [5.74, 6) is 1.18. The number of anilines is 1. The zero-order valence-corrected chi connectivity index (χ0v) is 13.7. The van der Waals surface area contributed by atoms with E-state index in [2.05, 4.69) is 10.3 Å². The van der Waals surface area contributed by atoms with Gasteiger partial charge in [0, 0.05) is 23.7 Å². The first-order valence-corrected chi connectivity index (χ1v) is 8.03. The minimum Gasteiger partial charge on any atom is -0.441 e. The summed E-state index contributed by atoms with van der Waals surface area (Å²) in [6, 6.07) is 21.0. The highest BCUT2D eigenvalue weighted by atomic mass is 16.4. The van der Waals surface area contributed by atoms with Crippen LogP contribution in [0.15, 0.2) is 77.3 Å². The SMILES string of the molecule is Cc1ncc(-c2ccc(C(=O)Nc3ccccc3)c3ccccc23)o1. The molecule has 4 aromatic rings. The number of hydrogen-bond acceptors (Lipinski definition) is 3. The van der Waals surface area contributed by atoms with E-state index in [1.165, 1.54) is 0 Å². The molecule has 0 aliphatic heterocycles. The summed E-state index contributed by atoms with van der Waals surface area (Å²) in [7, 11) is 0. The third-order valence-electron chi connectivity index (χ3n) is 4.09. The van der Waals surface area contributed by atoms with Gasteiger partial charge in [0.2, 0.25) is 0 Å². The number of aryl methyl sites for hydroxylation is 1. The molecule has 1 N–H and O–H groups in total. The summed E-state index contributed by atoms with van der Waals surface area (Å²) >= 11 is 0. The van der Waals surface area contributed by atoms with Crippen LogP contribution in [0.3, 0.4) is 0 Å². The fourth-order valence-corrected chi connectivity index (χ4v) is 2.92. The summed E-state index contributed by atoms with van der Waals surface area (Å²) in [4.78, 5) is 16.9. The van der Waals surface area contributed by atoms with E-state index in [4.69, 9.17) is 4.42 Å². The number of nitrogens with zero attached hydrogens (tertiary/aromatic N) is 1. The quantitative estimate of drug-likeness (QED) is 0.572. The molecular weight excluding hydrogens is 312 g/mol. The zero-order valence-electron chi connectivity index (χ0n) is 13.7. The second-order valence-corrected chi connectivity index (χ2v) is 5.77. The molecular formula is C21H16N2O2. The van der Waals surface area contributed by atoms with E-state index in [1.54, 1.807) is 6.20 Å². The molecule has 1 amide bonds. The van der Waals surface area contributed by atoms with E-state index in [9.17, 15) is 4.79 Å². The molecule has 0 aliphatic rings. The lowest BCUT2D eigenvalue weighted by molar-refractivity contribution is 0.102. The maximum Gasteiger partial charge on any atom is 0.256 e. The average Bonchev–Trinajstić information content (AvgIpc) is 3.07. The number of carbonyl (C=O) groups is 1. The van der Waals surface area contributed by atoms with Gasteiger partial charge in [0.15, 0.2) is 11.7 Å². The predicted molar refractivity (Wildman–Crippen MR) is 98.6 cm³/mol. The smallest absolute Gasteiger partial charge is 0.256 e. The molecule has 0 saturated carbocycles. The number of para-hydroxylation sites is 1. The number of aromatic nitrogens is 1. The van der Waals surface area contributed by atoms with Gasteiger partial charge in [0.05, 0.1) is 6.20 Å². The van der Waals surface area contributed by atoms with Gasteiger partial charge < -0.3 is 9.73 Å². The Bertz CT molecular complexity index is 1050.